The standard InChI is InChI=1S/C23H28N2O/c1-17-6-5-15-25(17)22-14-11-20(16-22)18-9-12-21(13-10-18)24-23(26)19-7-3-2-4-8-19/h2-4,7-10,12-13,17,20,22H,5-6,11,14-16H2,1H3,(H,24,26)/t17-,20?,22-/m0/s1. The van der Waals surface area contributed by atoms with Crippen molar-refractivity contribution in [3.8, 4) is 0 Å². The Balaban J connectivity index is 1.37. The van der Waals surface area contributed by atoms with Crippen molar-refractivity contribution < 1.29 is 4.79 Å². The topological polar surface area (TPSA) is 32.3 Å². The Labute approximate surface area is 156 Å². The largest absolute Gasteiger partial charge is 0.322 e. The molecule has 1 N–H and O–H groups in total. The number of rotatable bonds is 4. The van der Waals surface area contributed by atoms with Gasteiger partial charge in [-0.1, -0.05) is 30.3 Å². The van der Waals surface area contributed by atoms with Gasteiger partial charge in [-0.15, -0.1) is 0 Å². The molecule has 1 saturated heterocycles. The molecule has 3 atom stereocenters. The zero-order valence-corrected chi connectivity index (χ0v) is 15.5. The zero-order valence-electron chi connectivity index (χ0n) is 15.5. The Morgan fingerprint density at radius 1 is 1.00 bits per heavy atom. The summed E-state index contributed by atoms with van der Waals surface area (Å²) in [6.45, 7) is 3.66. The Morgan fingerprint density at radius 3 is 2.46 bits per heavy atom. The lowest BCUT2D eigenvalue weighted by Crippen LogP contribution is -2.35. The lowest BCUT2D eigenvalue weighted by atomic mass is 9.97. The Bertz CT molecular complexity index is 741. The summed E-state index contributed by atoms with van der Waals surface area (Å²) < 4.78 is 0. The van der Waals surface area contributed by atoms with Gasteiger partial charge >= 0.3 is 0 Å². The first-order valence-corrected chi connectivity index (χ1v) is 9.93. The number of amides is 1. The second kappa shape index (κ2) is 7.63. The summed E-state index contributed by atoms with van der Waals surface area (Å²) in [5.41, 5.74) is 2.97. The number of hydrogen-bond donors (Lipinski definition) is 1. The predicted octanol–water partition coefficient (Wildman–Crippen LogP) is 5.06. The molecule has 1 aliphatic carbocycles. The third kappa shape index (κ3) is 3.68. The highest BCUT2D eigenvalue weighted by molar-refractivity contribution is 6.04. The maximum Gasteiger partial charge on any atom is 0.255 e. The van der Waals surface area contributed by atoms with Crippen LogP contribution in [0.5, 0.6) is 0 Å². The van der Waals surface area contributed by atoms with Crippen LogP contribution in [0.25, 0.3) is 0 Å². The highest BCUT2D eigenvalue weighted by atomic mass is 16.1. The van der Waals surface area contributed by atoms with Crippen LogP contribution in [-0.4, -0.2) is 29.4 Å². The van der Waals surface area contributed by atoms with Crippen molar-refractivity contribution in [2.24, 2.45) is 0 Å². The van der Waals surface area contributed by atoms with E-state index in [9.17, 15) is 4.79 Å². The van der Waals surface area contributed by atoms with E-state index in [1.54, 1.807) is 0 Å². The maximum absolute atomic E-state index is 12.3. The van der Waals surface area contributed by atoms with Gasteiger partial charge in [0.05, 0.1) is 0 Å². The van der Waals surface area contributed by atoms with Crippen LogP contribution < -0.4 is 5.32 Å². The van der Waals surface area contributed by atoms with Crippen molar-refractivity contribution in [3.05, 3.63) is 65.7 Å². The predicted molar refractivity (Wildman–Crippen MR) is 107 cm³/mol. The Kier molecular flexibility index (Phi) is 5.07. The number of carbonyl (C=O) groups is 1. The highest BCUT2D eigenvalue weighted by Gasteiger charge is 2.34. The molecule has 0 radical (unpaired) electrons. The minimum absolute atomic E-state index is 0.0534. The van der Waals surface area contributed by atoms with Crippen LogP contribution in [0.2, 0.25) is 0 Å². The summed E-state index contributed by atoms with van der Waals surface area (Å²) in [7, 11) is 0. The summed E-state index contributed by atoms with van der Waals surface area (Å²) in [5.74, 6) is 0.606. The van der Waals surface area contributed by atoms with Gasteiger partial charge in [0.1, 0.15) is 0 Å². The number of nitrogens with one attached hydrogen (secondary N) is 1. The third-order valence-corrected chi connectivity index (χ3v) is 6.15. The van der Waals surface area contributed by atoms with E-state index in [2.05, 4.69) is 29.3 Å². The number of likely N-dealkylation sites (tertiary alicyclic amines) is 1. The van der Waals surface area contributed by atoms with E-state index in [-0.39, 0.29) is 5.91 Å². The summed E-state index contributed by atoms with van der Waals surface area (Å²) in [5, 5.41) is 2.99. The van der Waals surface area contributed by atoms with Gasteiger partial charge in [-0.2, -0.15) is 0 Å². The maximum atomic E-state index is 12.3. The molecule has 2 aromatic rings. The van der Waals surface area contributed by atoms with Crippen LogP contribution in [0.15, 0.2) is 54.6 Å². The van der Waals surface area contributed by atoms with Crippen molar-refractivity contribution in [1.29, 1.82) is 0 Å². The molecule has 3 heteroatoms. The first-order valence-electron chi connectivity index (χ1n) is 9.93. The number of benzene rings is 2. The second-order valence-corrected chi connectivity index (χ2v) is 7.84. The Morgan fingerprint density at radius 2 is 1.77 bits per heavy atom. The number of carbonyl (C=O) groups excluding carboxylic acids is 1. The molecule has 1 unspecified atom stereocenters. The van der Waals surface area contributed by atoms with Gasteiger partial charge < -0.3 is 5.32 Å². The van der Waals surface area contributed by atoms with Crippen LogP contribution in [0.4, 0.5) is 5.69 Å². The lowest BCUT2D eigenvalue weighted by molar-refractivity contribution is 0.102. The van der Waals surface area contributed by atoms with E-state index in [1.165, 1.54) is 44.2 Å². The van der Waals surface area contributed by atoms with E-state index >= 15 is 0 Å². The molecular weight excluding hydrogens is 320 g/mol. The molecule has 1 amide bonds. The average molecular weight is 348 g/mol. The van der Waals surface area contributed by atoms with Crippen LogP contribution >= 0.6 is 0 Å². The van der Waals surface area contributed by atoms with Gasteiger partial charge in [0.25, 0.3) is 5.91 Å². The lowest BCUT2D eigenvalue weighted by Gasteiger charge is -2.28. The van der Waals surface area contributed by atoms with Crippen molar-refractivity contribution in [2.75, 3.05) is 11.9 Å². The van der Waals surface area contributed by atoms with Crippen molar-refractivity contribution in [3.63, 3.8) is 0 Å². The van der Waals surface area contributed by atoms with Crippen LogP contribution in [-0.2, 0) is 0 Å². The van der Waals surface area contributed by atoms with Crippen molar-refractivity contribution in [2.45, 2.75) is 57.0 Å². The summed E-state index contributed by atoms with van der Waals surface area (Å²) in [4.78, 5) is 15.0. The normalized spacial score (nSPS) is 26.1. The van der Waals surface area contributed by atoms with Gasteiger partial charge in [-0.3, -0.25) is 9.69 Å². The molecule has 1 saturated carbocycles. The van der Waals surface area contributed by atoms with Crippen LogP contribution in [0, 0.1) is 0 Å². The SMILES string of the molecule is C[C@H]1CCCN1[C@H]1CCC(c2ccc(NC(=O)c3ccccc3)cc2)C1. The summed E-state index contributed by atoms with van der Waals surface area (Å²) in [6.07, 6.45) is 6.60. The van der Waals surface area contributed by atoms with Crippen molar-refractivity contribution >= 4 is 11.6 Å². The highest BCUT2D eigenvalue weighted by Crippen LogP contribution is 2.39. The molecule has 0 bridgehead atoms. The van der Waals surface area contributed by atoms with E-state index in [0.29, 0.717) is 11.5 Å². The fourth-order valence-corrected chi connectivity index (χ4v) is 4.69. The Hall–Kier alpha value is -2.13. The van der Waals surface area contributed by atoms with Gasteiger partial charge in [0.2, 0.25) is 0 Å². The van der Waals surface area contributed by atoms with Gasteiger partial charge in [-0.25, -0.2) is 0 Å². The van der Waals surface area contributed by atoms with E-state index in [1.807, 2.05) is 42.5 Å². The van der Waals surface area contributed by atoms with Crippen LogP contribution in [0.3, 0.4) is 0 Å². The van der Waals surface area contributed by atoms with Crippen molar-refractivity contribution in [1.82, 2.24) is 4.90 Å². The molecule has 2 fully saturated rings. The van der Waals surface area contributed by atoms with E-state index < -0.39 is 0 Å². The number of anilines is 1. The molecule has 2 aromatic carbocycles. The molecule has 3 nitrogen and oxygen atoms in total. The fourth-order valence-electron chi connectivity index (χ4n) is 4.69. The molecule has 136 valence electrons. The number of hydrogen-bond acceptors (Lipinski definition) is 2. The molecule has 2 aliphatic rings. The zero-order chi connectivity index (χ0) is 17.9. The fraction of sp³-hybridized carbons (Fsp3) is 0.435. The number of nitrogens with zero attached hydrogens (tertiary/aromatic N) is 1. The van der Waals surface area contributed by atoms with Crippen LogP contribution in [0.1, 0.15) is 60.9 Å². The minimum atomic E-state index is -0.0534. The smallest absolute Gasteiger partial charge is 0.255 e. The van der Waals surface area contributed by atoms with E-state index in [0.717, 1.165) is 17.8 Å². The molecule has 0 spiro atoms. The van der Waals surface area contributed by atoms with Gasteiger partial charge in [0.15, 0.2) is 0 Å². The monoisotopic (exact) mass is 348 g/mol. The van der Waals surface area contributed by atoms with Gasteiger partial charge in [-0.05, 0) is 81.3 Å². The second-order valence-electron chi connectivity index (χ2n) is 7.84. The summed E-state index contributed by atoms with van der Waals surface area (Å²) in [6, 6.07) is 19.4. The van der Waals surface area contributed by atoms with E-state index in [4.69, 9.17) is 0 Å². The molecule has 26 heavy (non-hydrogen) atoms. The molecule has 1 heterocycles. The van der Waals surface area contributed by atoms with Gasteiger partial charge in [0, 0.05) is 23.3 Å². The minimum Gasteiger partial charge on any atom is -0.322 e. The average Bonchev–Trinajstić information content (AvgIpc) is 3.32. The molecule has 0 aromatic heterocycles. The molecule has 4 rings (SSSR count). The summed E-state index contributed by atoms with van der Waals surface area (Å²) >= 11 is 0. The first kappa shape index (κ1) is 17.3. The quantitative estimate of drug-likeness (QED) is 0.837. The molecular formula is C23H28N2O. The first-order chi connectivity index (χ1) is 12.7. The molecule has 1 aliphatic heterocycles. The third-order valence-electron chi connectivity index (χ3n) is 6.15.